The number of carbonyl (C=O) groups is 2. The summed E-state index contributed by atoms with van der Waals surface area (Å²) in [6.07, 6.45) is 15.0. The molecule has 2 amide bonds. The van der Waals surface area contributed by atoms with E-state index >= 15 is 0 Å². The zero-order valence-corrected chi connectivity index (χ0v) is 23.0. The summed E-state index contributed by atoms with van der Waals surface area (Å²) in [4.78, 5) is 38.1. The molecule has 0 unspecified atom stereocenters. The van der Waals surface area contributed by atoms with Crippen molar-refractivity contribution >= 4 is 33.9 Å². The van der Waals surface area contributed by atoms with Crippen molar-refractivity contribution in [2.75, 3.05) is 18.0 Å². The van der Waals surface area contributed by atoms with Gasteiger partial charge in [0.25, 0.3) is 0 Å². The molecule has 0 N–H and O–H groups in total. The van der Waals surface area contributed by atoms with E-state index in [1.165, 1.54) is 54.5 Å². The van der Waals surface area contributed by atoms with Crippen LogP contribution in [0.1, 0.15) is 97.8 Å². The third-order valence-electron chi connectivity index (χ3n) is 8.87. The molecule has 2 aromatic rings. The van der Waals surface area contributed by atoms with Gasteiger partial charge in [-0.3, -0.25) is 19.5 Å². The molecule has 2 heterocycles. The molecule has 4 aliphatic rings. The summed E-state index contributed by atoms with van der Waals surface area (Å²) in [6, 6.07) is 9.10. The summed E-state index contributed by atoms with van der Waals surface area (Å²) in [7, 11) is 0. The summed E-state index contributed by atoms with van der Waals surface area (Å²) in [5.41, 5.74) is 5.65. The molecule has 5 nitrogen and oxygen atoms in total. The molecule has 1 aliphatic heterocycles. The number of thiophene rings is 1. The van der Waals surface area contributed by atoms with Gasteiger partial charge in [-0.05, 0) is 63.5 Å². The minimum Gasteiger partial charge on any atom is -0.335 e. The van der Waals surface area contributed by atoms with Gasteiger partial charge < -0.3 is 4.90 Å². The van der Waals surface area contributed by atoms with Crippen LogP contribution in [0.25, 0.3) is 0 Å². The van der Waals surface area contributed by atoms with Crippen LogP contribution in [0.4, 0.5) is 5.00 Å². The number of rotatable bonds is 5. The Kier molecular flexibility index (Phi) is 7.20. The van der Waals surface area contributed by atoms with Crippen LogP contribution in [-0.4, -0.2) is 47.6 Å². The fourth-order valence-corrected chi connectivity index (χ4v) is 8.48. The number of fused-ring (bicyclic) bond motifs is 3. The molecule has 0 spiro atoms. The third-order valence-corrected chi connectivity index (χ3v) is 10.2. The van der Waals surface area contributed by atoms with Gasteiger partial charge in [0.15, 0.2) is 0 Å². The number of aryl methyl sites for hydroxylation is 2. The smallest absolute Gasteiger partial charge is 0.249 e. The van der Waals surface area contributed by atoms with E-state index in [9.17, 15) is 9.59 Å². The number of carbonyl (C=O) groups excluding carboxylic acids is 2. The highest BCUT2D eigenvalue weighted by Gasteiger charge is 2.37. The average molecular weight is 518 g/mol. The van der Waals surface area contributed by atoms with Gasteiger partial charge in [-0.1, -0.05) is 62.3 Å². The van der Waals surface area contributed by atoms with Crippen molar-refractivity contribution in [1.82, 2.24) is 4.90 Å². The van der Waals surface area contributed by atoms with E-state index in [0.29, 0.717) is 12.1 Å². The standard InChI is InChI=1S/C31H39N3O2S/c1-21-10-8-11-22(18-21)30-29-25-16-9-17-26(25)37-31(29)33(27(35)19-32-30)20-28(36)34(23-12-4-2-5-13-23)24-14-6-3-7-15-24/h8,10-11,18,23-24H,2-7,9,12-17,19-20H2,1H3. The van der Waals surface area contributed by atoms with Crippen molar-refractivity contribution in [2.45, 2.75) is 102 Å². The van der Waals surface area contributed by atoms with Gasteiger partial charge in [0.1, 0.15) is 18.1 Å². The van der Waals surface area contributed by atoms with Crippen LogP contribution in [0.5, 0.6) is 0 Å². The molecule has 2 fully saturated rings. The van der Waals surface area contributed by atoms with Crippen LogP contribution in [0.3, 0.4) is 0 Å². The molecule has 1 aromatic heterocycles. The second-order valence-electron chi connectivity index (χ2n) is 11.4. The van der Waals surface area contributed by atoms with E-state index in [1.54, 1.807) is 11.3 Å². The molecule has 0 radical (unpaired) electrons. The fourth-order valence-electron chi connectivity index (χ4n) is 7.08. The lowest BCUT2D eigenvalue weighted by atomic mass is 9.88. The van der Waals surface area contributed by atoms with Crippen LogP contribution in [0.15, 0.2) is 29.3 Å². The normalized spacial score (nSPS) is 20.8. The van der Waals surface area contributed by atoms with Gasteiger partial charge in [-0.2, -0.15) is 0 Å². The van der Waals surface area contributed by atoms with Gasteiger partial charge >= 0.3 is 0 Å². The van der Waals surface area contributed by atoms with Gasteiger partial charge in [0.2, 0.25) is 11.8 Å². The molecular formula is C31H39N3O2S. The Morgan fingerprint density at radius 1 is 1.00 bits per heavy atom. The number of hydrogen-bond acceptors (Lipinski definition) is 4. The van der Waals surface area contributed by atoms with Crippen molar-refractivity contribution < 1.29 is 9.59 Å². The molecule has 0 atom stereocenters. The largest absolute Gasteiger partial charge is 0.335 e. The third kappa shape index (κ3) is 4.89. The molecule has 6 rings (SSSR count). The van der Waals surface area contributed by atoms with E-state index in [2.05, 4.69) is 36.1 Å². The van der Waals surface area contributed by atoms with Gasteiger partial charge in [-0.15, -0.1) is 11.3 Å². The second-order valence-corrected chi connectivity index (χ2v) is 12.5. The van der Waals surface area contributed by atoms with Gasteiger partial charge in [-0.25, -0.2) is 0 Å². The van der Waals surface area contributed by atoms with Gasteiger partial charge in [0.05, 0.1) is 5.71 Å². The first kappa shape index (κ1) is 24.8. The lowest BCUT2D eigenvalue weighted by Gasteiger charge is -2.42. The van der Waals surface area contributed by atoms with Gasteiger partial charge in [0, 0.05) is 28.1 Å². The van der Waals surface area contributed by atoms with E-state index in [4.69, 9.17) is 4.99 Å². The molecule has 196 valence electrons. The highest BCUT2D eigenvalue weighted by atomic mass is 32.1. The van der Waals surface area contributed by atoms with Crippen molar-refractivity contribution in [3.8, 4) is 0 Å². The first-order valence-electron chi connectivity index (χ1n) is 14.5. The van der Waals surface area contributed by atoms with Crippen molar-refractivity contribution in [3.63, 3.8) is 0 Å². The van der Waals surface area contributed by atoms with Crippen LogP contribution in [0.2, 0.25) is 0 Å². The Balaban J connectivity index is 1.35. The Morgan fingerprint density at radius 3 is 2.38 bits per heavy atom. The molecule has 1 aromatic carbocycles. The zero-order valence-electron chi connectivity index (χ0n) is 22.1. The summed E-state index contributed by atoms with van der Waals surface area (Å²) in [5.74, 6) is 0.0927. The molecule has 6 heteroatoms. The maximum atomic E-state index is 14.1. The number of amides is 2. The molecular weight excluding hydrogens is 478 g/mol. The SMILES string of the molecule is Cc1cccc(C2=NCC(=O)N(CC(=O)N(C3CCCCC3)C3CCCCC3)c3sc4c(c32)CCC4)c1. The van der Waals surface area contributed by atoms with Crippen LogP contribution < -0.4 is 4.90 Å². The Bertz CT molecular complexity index is 1190. The number of anilines is 1. The quantitative estimate of drug-likeness (QED) is 0.473. The molecule has 3 aliphatic carbocycles. The minimum absolute atomic E-state index is 0.0515. The summed E-state index contributed by atoms with van der Waals surface area (Å²) in [5, 5.41) is 0.952. The van der Waals surface area contributed by atoms with Crippen molar-refractivity contribution in [1.29, 1.82) is 0 Å². The molecule has 37 heavy (non-hydrogen) atoms. The highest BCUT2D eigenvalue weighted by Crippen LogP contribution is 2.43. The first-order chi connectivity index (χ1) is 18.1. The van der Waals surface area contributed by atoms with E-state index in [0.717, 1.165) is 66.8 Å². The Labute approximate surface area is 225 Å². The number of aliphatic imine (C=N–C) groups is 1. The van der Waals surface area contributed by atoms with Crippen LogP contribution >= 0.6 is 11.3 Å². The zero-order chi connectivity index (χ0) is 25.4. The summed E-state index contributed by atoms with van der Waals surface area (Å²) < 4.78 is 0. The maximum Gasteiger partial charge on any atom is 0.249 e. The summed E-state index contributed by atoms with van der Waals surface area (Å²) >= 11 is 1.73. The summed E-state index contributed by atoms with van der Waals surface area (Å²) in [6.45, 7) is 2.34. The van der Waals surface area contributed by atoms with E-state index in [1.807, 2.05) is 4.90 Å². The lowest BCUT2D eigenvalue weighted by molar-refractivity contribution is -0.137. The fraction of sp³-hybridized carbons (Fsp3) is 0.581. The highest BCUT2D eigenvalue weighted by molar-refractivity contribution is 7.17. The topological polar surface area (TPSA) is 53.0 Å². The van der Waals surface area contributed by atoms with Crippen molar-refractivity contribution in [3.05, 3.63) is 51.4 Å². The number of benzene rings is 1. The first-order valence-corrected chi connectivity index (χ1v) is 15.3. The van der Waals surface area contributed by atoms with Crippen molar-refractivity contribution in [2.24, 2.45) is 4.99 Å². The predicted octanol–water partition coefficient (Wildman–Crippen LogP) is 6.22. The molecule has 2 saturated carbocycles. The van der Waals surface area contributed by atoms with Crippen LogP contribution in [0, 0.1) is 6.92 Å². The molecule has 0 saturated heterocycles. The molecule has 0 bridgehead atoms. The number of hydrogen-bond donors (Lipinski definition) is 0. The Morgan fingerprint density at radius 2 is 1.70 bits per heavy atom. The predicted molar refractivity (Wildman–Crippen MR) is 151 cm³/mol. The Hall–Kier alpha value is -2.47. The second kappa shape index (κ2) is 10.7. The minimum atomic E-state index is -0.0515. The lowest BCUT2D eigenvalue weighted by Crippen LogP contribution is -2.53. The number of nitrogens with zero attached hydrogens (tertiary/aromatic N) is 3. The monoisotopic (exact) mass is 517 g/mol. The average Bonchev–Trinajstić information content (AvgIpc) is 3.48. The van der Waals surface area contributed by atoms with Crippen LogP contribution in [-0.2, 0) is 22.4 Å². The maximum absolute atomic E-state index is 14.1. The van der Waals surface area contributed by atoms with E-state index in [-0.39, 0.29) is 24.9 Å². The van der Waals surface area contributed by atoms with E-state index < -0.39 is 0 Å².